The Morgan fingerprint density at radius 2 is 2.00 bits per heavy atom. The van der Waals surface area contributed by atoms with Crippen LogP contribution in [0.25, 0.3) is 10.9 Å². The molecule has 0 radical (unpaired) electrons. The molecule has 0 unspecified atom stereocenters. The highest BCUT2D eigenvalue weighted by molar-refractivity contribution is 5.78. The number of aromatic nitrogens is 1. The largest absolute Gasteiger partial charge is 0.428 e. The van der Waals surface area contributed by atoms with Crippen LogP contribution in [0.3, 0.4) is 0 Å². The maximum atomic E-state index is 11.4. The van der Waals surface area contributed by atoms with Crippen molar-refractivity contribution in [1.29, 1.82) is 0 Å². The molecule has 3 heteroatoms. The molecule has 0 spiro atoms. The highest BCUT2D eigenvalue weighted by Crippen LogP contribution is 2.09. The molecule has 3 nitrogen and oxygen atoms in total. The topological polar surface area (TPSA) is 42.2 Å². The molecule has 66 valence electrons. The van der Waals surface area contributed by atoms with Crippen LogP contribution >= 0.6 is 0 Å². The average Bonchev–Trinajstić information content (AvgIpc) is 2.15. The van der Waals surface area contributed by atoms with Crippen molar-refractivity contribution in [3.63, 3.8) is 0 Å². The zero-order chi connectivity index (χ0) is 9.42. The summed E-state index contributed by atoms with van der Waals surface area (Å²) in [6.07, 6.45) is 0. The predicted octanol–water partition coefficient (Wildman–Crippen LogP) is 1.55. The number of fused-ring (bicyclic) bond motifs is 1. The molecule has 0 atom stereocenters. The smallest absolute Gasteiger partial charge is 0.189 e. The average molecular weight is 175 g/mol. The molecule has 0 fully saturated rings. The van der Waals surface area contributed by atoms with Crippen molar-refractivity contribution in [1.82, 2.24) is 4.73 Å². The van der Waals surface area contributed by atoms with Gasteiger partial charge in [-0.3, -0.25) is 4.79 Å². The van der Waals surface area contributed by atoms with Crippen molar-refractivity contribution in [3.05, 3.63) is 46.2 Å². The molecule has 1 N–H and O–H groups in total. The Morgan fingerprint density at radius 3 is 2.77 bits per heavy atom. The minimum absolute atomic E-state index is 0.0570. The Labute approximate surface area is 74.8 Å². The molecular weight excluding hydrogens is 166 g/mol. The second-order valence-electron chi connectivity index (χ2n) is 2.98. The number of benzene rings is 1. The Bertz CT molecular complexity index is 514. The predicted molar refractivity (Wildman–Crippen MR) is 50.1 cm³/mol. The lowest BCUT2D eigenvalue weighted by Crippen LogP contribution is -2.09. The molecule has 0 aliphatic carbocycles. The van der Waals surface area contributed by atoms with Crippen LogP contribution in [0.2, 0.25) is 0 Å². The molecule has 1 aromatic heterocycles. The van der Waals surface area contributed by atoms with Crippen LogP contribution in [0.4, 0.5) is 0 Å². The van der Waals surface area contributed by atoms with E-state index in [4.69, 9.17) is 0 Å². The van der Waals surface area contributed by atoms with E-state index in [1.807, 2.05) is 0 Å². The van der Waals surface area contributed by atoms with Gasteiger partial charge in [-0.25, -0.2) is 0 Å². The SMILES string of the molecule is Cc1cc(=O)c2ccccc2n1O. The van der Waals surface area contributed by atoms with E-state index in [0.717, 1.165) is 4.73 Å². The number of rotatable bonds is 0. The fourth-order valence-corrected chi connectivity index (χ4v) is 1.39. The molecule has 0 saturated heterocycles. The van der Waals surface area contributed by atoms with E-state index in [-0.39, 0.29) is 5.43 Å². The monoisotopic (exact) mass is 175 g/mol. The molecule has 0 aliphatic heterocycles. The van der Waals surface area contributed by atoms with Crippen molar-refractivity contribution in [2.24, 2.45) is 0 Å². The zero-order valence-corrected chi connectivity index (χ0v) is 7.19. The molecule has 2 aromatic rings. The van der Waals surface area contributed by atoms with E-state index in [1.54, 1.807) is 31.2 Å². The highest BCUT2D eigenvalue weighted by atomic mass is 16.5. The molecule has 1 heterocycles. The van der Waals surface area contributed by atoms with Gasteiger partial charge in [-0.15, -0.1) is 0 Å². The third-order valence-corrected chi connectivity index (χ3v) is 2.07. The lowest BCUT2D eigenvalue weighted by atomic mass is 10.2. The van der Waals surface area contributed by atoms with Crippen molar-refractivity contribution in [2.75, 3.05) is 0 Å². The molecule has 2 rings (SSSR count). The van der Waals surface area contributed by atoms with E-state index >= 15 is 0 Å². The number of para-hydroxylation sites is 1. The molecule has 13 heavy (non-hydrogen) atoms. The van der Waals surface area contributed by atoms with E-state index < -0.39 is 0 Å². The lowest BCUT2D eigenvalue weighted by molar-refractivity contribution is 0.191. The molecule has 0 aliphatic rings. The third-order valence-electron chi connectivity index (χ3n) is 2.07. The van der Waals surface area contributed by atoms with Crippen molar-refractivity contribution < 1.29 is 5.21 Å². The highest BCUT2D eigenvalue weighted by Gasteiger charge is 2.03. The Morgan fingerprint density at radius 1 is 1.31 bits per heavy atom. The lowest BCUT2D eigenvalue weighted by Gasteiger charge is -2.05. The van der Waals surface area contributed by atoms with Crippen molar-refractivity contribution in [2.45, 2.75) is 6.92 Å². The number of hydrogen-bond acceptors (Lipinski definition) is 2. The first kappa shape index (κ1) is 7.86. The van der Waals surface area contributed by atoms with Gasteiger partial charge in [0.25, 0.3) is 0 Å². The van der Waals surface area contributed by atoms with Crippen LogP contribution in [0, 0.1) is 6.92 Å². The van der Waals surface area contributed by atoms with E-state index in [9.17, 15) is 10.0 Å². The van der Waals surface area contributed by atoms with Gasteiger partial charge in [0, 0.05) is 11.5 Å². The summed E-state index contributed by atoms with van der Waals surface area (Å²) >= 11 is 0. The van der Waals surface area contributed by atoms with Gasteiger partial charge in [0.1, 0.15) is 0 Å². The van der Waals surface area contributed by atoms with E-state index in [0.29, 0.717) is 16.6 Å². The summed E-state index contributed by atoms with van der Waals surface area (Å²) in [5.74, 6) is 0. The van der Waals surface area contributed by atoms with E-state index in [2.05, 4.69) is 0 Å². The normalized spacial score (nSPS) is 10.5. The fraction of sp³-hybridized carbons (Fsp3) is 0.100. The Hall–Kier alpha value is -1.77. The maximum Gasteiger partial charge on any atom is 0.189 e. The van der Waals surface area contributed by atoms with Gasteiger partial charge in [0.2, 0.25) is 0 Å². The maximum absolute atomic E-state index is 11.4. The summed E-state index contributed by atoms with van der Waals surface area (Å²) in [5, 5.41) is 10.1. The first-order valence-corrected chi connectivity index (χ1v) is 4.01. The first-order valence-electron chi connectivity index (χ1n) is 4.01. The summed E-state index contributed by atoms with van der Waals surface area (Å²) in [7, 11) is 0. The van der Waals surface area contributed by atoms with Crippen LogP contribution in [0.15, 0.2) is 35.1 Å². The Kier molecular flexibility index (Phi) is 1.59. The van der Waals surface area contributed by atoms with Gasteiger partial charge in [-0.1, -0.05) is 12.1 Å². The van der Waals surface area contributed by atoms with Crippen molar-refractivity contribution >= 4 is 10.9 Å². The quantitative estimate of drug-likeness (QED) is 0.617. The third kappa shape index (κ3) is 1.09. The van der Waals surface area contributed by atoms with Gasteiger partial charge in [-0.2, -0.15) is 4.73 Å². The van der Waals surface area contributed by atoms with Gasteiger partial charge in [-0.05, 0) is 19.1 Å². The number of pyridine rings is 1. The first-order chi connectivity index (χ1) is 6.20. The minimum Gasteiger partial charge on any atom is -0.428 e. The zero-order valence-electron chi connectivity index (χ0n) is 7.19. The Balaban J connectivity index is 3.06. The van der Waals surface area contributed by atoms with Gasteiger partial charge < -0.3 is 5.21 Å². The van der Waals surface area contributed by atoms with Gasteiger partial charge in [0.15, 0.2) is 5.43 Å². The summed E-state index contributed by atoms with van der Waals surface area (Å²) in [6, 6.07) is 8.39. The van der Waals surface area contributed by atoms with Gasteiger partial charge in [0.05, 0.1) is 11.2 Å². The minimum atomic E-state index is -0.0570. The van der Waals surface area contributed by atoms with Crippen LogP contribution in [-0.2, 0) is 0 Å². The number of nitrogens with zero attached hydrogens (tertiary/aromatic N) is 1. The number of aryl methyl sites for hydroxylation is 1. The summed E-state index contributed by atoms with van der Waals surface area (Å²) in [4.78, 5) is 11.4. The molecule has 1 aromatic carbocycles. The standard InChI is InChI=1S/C10H9NO2/c1-7-6-10(12)8-4-2-3-5-9(8)11(7)13/h2-6,13H,1H3. The van der Waals surface area contributed by atoms with Crippen LogP contribution in [-0.4, -0.2) is 9.94 Å². The second-order valence-corrected chi connectivity index (χ2v) is 2.98. The summed E-state index contributed by atoms with van der Waals surface area (Å²) in [5.41, 5.74) is 1.04. The summed E-state index contributed by atoms with van der Waals surface area (Å²) in [6.45, 7) is 1.69. The molecule has 0 amide bonds. The summed E-state index contributed by atoms with van der Waals surface area (Å²) < 4.78 is 1.02. The molecule has 0 bridgehead atoms. The van der Waals surface area contributed by atoms with Crippen LogP contribution < -0.4 is 5.43 Å². The number of hydrogen-bond donors (Lipinski definition) is 1. The molecule has 0 saturated carbocycles. The fourth-order valence-electron chi connectivity index (χ4n) is 1.39. The molecular formula is C10H9NO2. The van der Waals surface area contributed by atoms with Crippen LogP contribution in [0.5, 0.6) is 0 Å². The second kappa shape index (κ2) is 2.62. The van der Waals surface area contributed by atoms with Crippen molar-refractivity contribution in [3.8, 4) is 0 Å². The van der Waals surface area contributed by atoms with E-state index in [1.165, 1.54) is 6.07 Å². The van der Waals surface area contributed by atoms with Gasteiger partial charge >= 0.3 is 0 Å². The van der Waals surface area contributed by atoms with Crippen LogP contribution in [0.1, 0.15) is 5.69 Å².